The van der Waals surface area contributed by atoms with E-state index in [0.717, 1.165) is 0 Å². The molecule has 0 amide bonds. The Bertz CT molecular complexity index is 246. The summed E-state index contributed by atoms with van der Waals surface area (Å²) in [5.41, 5.74) is 0.565. The highest BCUT2D eigenvalue weighted by molar-refractivity contribution is 6.33. The minimum Gasteiger partial charge on any atom is -0.292 e. The molecule has 2 nitrogen and oxygen atoms in total. The molecular formula is C8H8ClNO. The molecule has 0 radical (unpaired) electrons. The van der Waals surface area contributed by atoms with Gasteiger partial charge in [0, 0.05) is 18.0 Å². The summed E-state index contributed by atoms with van der Waals surface area (Å²) in [5, 5.41) is -0.473. The Kier molecular flexibility index (Phi) is 2.60. The molecular weight excluding hydrogens is 162 g/mol. The Labute approximate surface area is 70.2 Å². The van der Waals surface area contributed by atoms with Gasteiger partial charge in [0.2, 0.25) is 0 Å². The number of pyridine rings is 1. The van der Waals surface area contributed by atoms with Gasteiger partial charge in [-0.05, 0) is 19.1 Å². The van der Waals surface area contributed by atoms with Crippen LogP contribution in [-0.4, -0.2) is 16.1 Å². The molecule has 0 aliphatic heterocycles. The zero-order valence-corrected chi connectivity index (χ0v) is 6.88. The second-order valence-electron chi connectivity index (χ2n) is 2.22. The molecule has 0 aliphatic rings. The van der Waals surface area contributed by atoms with Crippen molar-refractivity contribution in [1.82, 2.24) is 4.98 Å². The van der Waals surface area contributed by atoms with Gasteiger partial charge in [-0.15, -0.1) is 11.6 Å². The third kappa shape index (κ3) is 2.02. The van der Waals surface area contributed by atoms with Gasteiger partial charge in [-0.3, -0.25) is 9.78 Å². The normalized spacial score (nSPS) is 12.5. The lowest BCUT2D eigenvalue weighted by atomic mass is 10.1. The van der Waals surface area contributed by atoms with E-state index >= 15 is 0 Å². The van der Waals surface area contributed by atoms with Crippen molar-refractivity contribution in [2.75, 3.05) is 0 Å². The van der Waals surface area contributed by atoms with Gasteiger partial charge in [0.1, 0.15) is 0 Å². The second kappa shape index (κ2) is 3.49. The number of halogens is 1. The van der Waals surface area contributed by atoms with E-state index in [0.29, 0.717) is 5.56 Å². The van der Waals surface area contributed by atoms with Crippen molar-refractivity contribution in [2.45, 2.75) is 12.3 Å². The van der Waals surface area contributed by atoms with Gasteiger partial charge in [-0.25, -0.2) is 0 Å². The topological polar surface area (TPSA) is 30.0 Å². The number of Topliss-reactive ketones (excluding diaryl/α,β-unsaturated/α-hetero) is 1. The number of carbonyl (C=O) groups is 1. The fourth-order valence-corrected chi connectivity index (χ4v) is 0.864. The molecule has 1 atom stereocenters. The van der Waals surface area contributed by atoms with Crippen LogP contribution in [0.15, 0.2) is 24.5 Å². The predicted molar refractivity (Wildman–Crippen MR) is 43.9 cm³/mol. The SMILES string of the molecule is CC(Cl)C(=O)c1cccnc1. The molecule has 11 heavy (non-hydrogen) atoms. The number of hydrogen-bond donors (Lipinski definition) is 0. The number of aromatic nitrogens is 1. The maximum absolute atomic E-state index is 11.2. The van der Waals surface area contributed by atoms with Crippen LogP contribution in [0.2, 0.25) is 0 Å². The lowest BCUT2D eigenvalue weighted by Gasteiger charge is -1.99. The van der Waals surface area contributed by atoms with E-state index in [-0.39, 0.29) is 5.78 Å². The summed E-state index contributed by atoms with van der Waals surface area (Å²) in [7, 11) is 0. The van der Waals surface area contributed by atoms with Crippen LogP contribution in [0.25, 0.3) is 0 Å². The highest BCUT2D eigenvalue weighted by atomic mass is 35.5. The average Bonchev–Trinajstić information content (AvgIpc) is 2.05. The fraction of sp³-hybridized carbons (Fsp3) is 0.250. The summed E-state index contributed by atoms with van der Waals surface area (Å²) < 4.78 is 0. The molecule has 1 aromatic heterocycles. The maximum atomic E-state index is 11.2. The van der Waals surface area contributed by atoms with Gasteiger partial charge >= 0.3 is 0 Å². The summed E-state index contributed by atoms with van der Waals surface area (Å²) in [6.07, 6.45) is 3.14. The molecule has 0 aliphatic carbocycles. The number of nitrogens with zero attached hydrogens (tertiary/aromatic N) is 1. The Morgan fingerprint density at radius 2 is 2.45 bits per heavy atom. The monoisotopic (exact) mass is 169 g/mol. The molecule has 0 saturated carbocycles. The van der Waals surface area contributed by atoms with Crippen molar-refractivity contribution in [3.05, 3.63) is 30.1 Å². The Balaban J connectivity index is 2.86. The van der Waals surface area contributed by atoms with Crippen LogP contribution in [0.1, 0.15) is 17.3 Å². The largest absolute Gasteiger partial charge is 0.292 e. The molecule has 0 bridgehead atoms. The molecule has 3 heteroatoms. The molecule has 1 unspecified atom stereocenters. The summed E-state index contributed by atoms with van der Waals surface area (Å²) in [5.74, 6) is -0.0835. The minimum absolute atomic E-state index is 0.0835. The molecule has 1 heterocycles. The molecule has 0 spiro atoms. The number of rotatable bonds is 2. The molecule has 58 valence electrons. The average molecular weight is 170 g/mol. The highest BCUT2D eigenvalue weighted by Crippen LogP contribution is 2.05. The van der Waals surface area contributed by atoms with Crippen LogP contribution in [0.3, 0.4) is 0 Å². The van der Waals surface area contributed by atoms with Crippen LogP contribution in [-0.2, 0) is 0 Å². The molecule has 0 N–H and O–H groups in total. The number of alkyl halides is 1. The zero-order chi connectivity index (χ0) is 8.27. The van der Waals surface area contributed by atoms with Crippen LogP contribution in [0.4, 0.5) is 0 Å². The third-order valence-corrected chi connectivity index (χ3v) is 1.51. The first kappa shape index (κ1) is 8.21. The van der Waals surface area contributed by atoms with E-state index in [1.54, 1.807) is 25.3 Å². The van der Waals surface area contributed by atoms with Crippen molar-refractivity contribution in [2.24, 2.45) is 0 Å². The fourth-order valence-electron chi connectivity index (χ4n) is 0.738. The Morgan fingerprint density at radius 1 is 1.73 bits per heavy atom. The first-order valence-corrected chi connectivity index (χ1v) is 3.74. The quantitative estimate of drug-likeness (QED) is 0.500. The first-order valence-electron chi connectivity index (χ1n) is 3.30. The standard InChI is InChI=1S/C8H8ClNO/c1-6(9)8(11)7-3-2-4-10-5-7/h2-6H,1H3. The van der Waals surface area contributed by atoms with E-state index < -0.39 is 5.38 Å². The van der Waals surface area contributed by atoms with E-state index in [2.05, 4.69) is 4.98 Å². The lowest BCUT2D eigenvalue weighted by Crippen LogP contribution is -2.10. The second-order valence-corrected chi connectivity index (χ2v) is 2.88. The van der Waals surface area contributed by atoms with Crippen molar-refractivity contribution >= 4 is 17.4 Å². The highest BCUT2D eigenvalue weighted by Gasteiger charge is 2.10. The third-order valence-electron chi connectivity index (χ3n) is 1.31. The van der Waals surface area contributed by atoms with Crippen LogP contribution in [0.5, 0.6) is 0 Å². The molecule has 0 saturated heterocycles. The van der Waals surface area contributed by atoms with Gasteiger partial charge in [0.25, 0.3) is 0 Å². The van der Waals surface area contributed by atoms with Crippen molar-refractivity contribution in [3.8, 4) is 0 Å². The zero-order valence-electron chi connectivity index (χ0n) is 6.12. The summed E-state index contributed by atoms with van der Waals surface area (Å²) >= 11 is 5.59. The van der Waals surface area contributed by atoms with E-state index in [4.69, 9.17) is 11.6 Å². The molecule has 1 rings (SSSR count). The van der Waals surface area contributed by atoms with Crippen molar-refractivity contribution in [1.29, 1.82) is 0 Å². The molecule has 0 aromatic carbocycles. The van der Waals surface area contributed by atoms with Crippen molar-refractivity contribution < 1.29 is 4.79 Å². The number of ketones is 1. The maximum Gasteiger partial charge on any atom is 0.181 e. The summed E-state index contributed by atoms with van der Waals surface area (Å²) in [4.78, 5) is 15.0. The molecule has 1 aromatic rings. The predicted octanol–water partition coefficient (Wildman–Crippen LogP) is 1.89. The van der Waals surface area contributed by atoms with Crippen LogP contribution < -0.4 is 0 Å². The number of carbonyl (C=O) groups excluding carboxylic acids is 1. The lowest BCUT2D eigenvalue weighted by molar-refractivity contribution is 0.0991. The van der Waals surface area contributed by atoms with Crippen LogP contribution in [0, 0.1) is 0 Å². The smallest absolute Gasteiger partial charge is 0.181 e. The van der Waals surface area contributed by atoms with Gasteiger partial charge in [-0.1, -0.05) is 0 Å². The van der Waals surface area contributed by atoms with Gasteiger partial charge in [0.05, 0.1) is 5.38 Å². The number of hydrogen-bond acceptors (Lipinski definition) is 2. The van der Waals surface area contributed by atoms with Gasteiger partial charge in [0.15, 0.2) is 5.78 Å². The van der Waals surface area contributed by atoms with Gasteiger partial charge < -0.3 is 0 Å². The first-order chi connectivity index (χ1) is 5.22. The van der Waals surface area contributed by atoms with E-state index in [9.17, 15) is 4.79 Å². The van der Waals surface area contributed by atoms with Crippen LogP contribution >= 0.6 is 11.6 Å². The van der Waals surface area contributed by atoms with Gasteiger partial charge in [-0.2, -0.15) is 0 Å². The van der Waals surface area contributed by atoms with E-state index in [1.807, 2.05) is 0 Å². The summed E-state index contributed by atoms with van der Waals surface area (Å²) in [6, 6.07) is 3.42. The van der Waals surface area contributed by atoms with E-state index in [1.165, 1.54) is 6.20 Å². The molecule has 0 fully saturated rings. The Hall–Kier alpha value is -0.890. The summed E-state index contributed by atoms with van der Waals surface area (Å²) in [6.45, 7) is 1.65. The van der Waals surface area contributed by atoms with Crippen molar-refractivity contribution in [3.63, 3.8) is 0 Å². The Morgan fingerprint density at radius 3 is 2.91 bits per heavy atom. The minimum atomic E-state index is -0.473.